The van der Waals surface area contributed by atoms with Crippen LogP contribution >= 0.6 is 0 Å². The Morgan fingerprint density at radius 1 is 0.474 bits per heavy atom. The van der Waals surface area contributed by atoms with Crippen molar-refractivity contribution in [2.24, 2.45) is 0 Å². The minimum atomic E-state index is -1.59. The van der Waals surface area contributed by atoms with Gasteiger partial charge >= 0.3 is 35.8 Å². The molecule has 1 heterocycles. The molecule has 194 valence electrons. The van der Waals surface area contributed by atoms with Gasteiger partial charge in [-0.05, 0) is 36.4 Å². The number of carbonyl (C=O) groups is 7. The summed E-state index contributed by atoms with van der Waals surface area (Å²) in [6.07, 6.45) is 0. The highest BCUT2D eigenvalue weighted by Crippen LogP contribution is 2.17. The molecular weight excluding hydrogens is 510 g/mol. The van der Waals surface area contributed by atoms with Crippen LogP contribution in [-0.2, 0) is 0 Å². The molecule has 14 heteroatoms. The van der Waals surface area contributed by atoms with Gasteiger partial charge in [-0.2, -0.15) is 0 Å². The number of benzene rings is 2. The quantitative estimate of drug-likeness (QED) is 0.231. The second-order valence-corrected chi connectivity index (χ2v) is 7.09. The average molecular weight is 525 g/mol. The van der Waals surface area contributed by atoms with Crippen LogP contribution in [0, 0.1) is 0 Å². The van der Waals surface area contributed by atoms with Gasteiger partial charge in [-0.25, -0.2) is 33.8 Å². The fourth-order valence-corrected chi connectivity index (χ4v) is 2.92. The van der Waals surface area contributed by atoms with Gasteiger partial charge < -0.3 is 30.6 Å². The maximum atomic E-state index is 12.3. The molecule has 0 atom stereocenters. The summed E-state index contributed by atoms with van der Waals surface area (Å²) in [7, 11) is 0. The van der Waals surface area contributed by atoms with E-state index in [-0.39, 0.29) is 16.7 Å². The number of aromatic carboxylic acids is 6. The van der Waals surface area contributed by atoms with Gasteiger partial charge in [0.25, 0.3) is 0 Å². The van der Waals surface area contributed by atoms with Crippen LogP contribution in [0.25, 0.3) is 0 Å². The summed E-state index contributed by atoms with van der Waals surface area (Å²) in [5.74, 6) is -9.19. The standard InChI is InChI=1S/C16H10O7.C8H5NO6/c17-13(8-2-1-3-10(6-8)14(18)19)9-4-5-11(15(20)21)12(7-9)16(22)23;10-6(11)3-1-2-4(7(12)13)9-5(3)8(14)15/h1-7H,(H,18,19)(H,20,21)(H,22,23);1-2H,(H,10,11)(H,12,13)(H,14,15). The van der Waals surface area contributed by atoms with Gasteiger partial charge in [-0.3, -0.25) is 4.79 Å². The summed E-state index contributed by atoms with van der Waals surface area (Å²) in [6.45, 7) is 0. The summed E-state index contributed by atoms with van der Waals surface area (Å²) in [6, 6.07) is 10.3. The van der Waals surface area contributed by atoms with Gasteiger partial charge in [0.2, 0.25) is 0 Å². The molecule has 0 aliphatic heterocycles. The van der Waals surface area contributed by atoms with Crippen molar-refractivity contribution in [1.29, 1.82) is 0 Å². The van der Waals surface area contributed by atoms with Gasteiger partial charge in [0.15, 0.2) is 11.5 Å². The topological polar surface area (TPSA) is 254 Å². The number of pyridine rings is 1. The van der Waals surface area contributed by atoms with Crippen molar-refractivity contribution in [1.82, 2.24) is 4.98 Å². The van der Waals surface area contributed by atoms with Crippen molar-refractivity contribution in [2.45, 2.75) is 0 Å². The zero-order valence-electron chi connectivity index (χ0n) is 18.7. The zero-order chi connectivity index (χ0) is 28.7. The number of nitrogens with zero attached hydrogens (tertiary/aromatic N) is 1. The highest BCUT2D eigenvalue weighted by atomic mass is 16.4. The number of carbonyl (C=O) groups excluding carboxylic acids is 1. The Morgan fingerprint density at radius 3 is 1.50 bits per heavy atom. The van der Waals surface area contributed by atoms with E-state index < -0.39 is 69.7 Å². The summed E-state index contributed by atoms with van der Waals surface area (Å²) in [5, 5.41) is 52.6. The maximum absolute atomic E-state index is 12.3. The van der Waals surface area contributed by atoms with Crippen LogP contribution < -0.4 is 0 Å². The SMILES string of the molecule is O=C(O)c1ccc(C(=O)O)c(C(=O)O)n1.O=C(O)c1cccc(C(=O)c2ccc(C(=O)O)c(C(=O)O)c2)c1. The molecule has 3 rings (SSSR count). The number of hydrogen-bond donors (Lipinski definition) is 6. The second-order valence-electron chi connectivity index (χ2n) is 7.09. The van der Waals surface area contributed by atoms with E-state index in [4.69, 9.17) is 30.6 Å². The van der Waals surface area contributed by atoms with E-state index in [1.807, 2.05) is 0 Å². The molecule has 0 saturated heterocycles. The Balaban J connectivity index is 0.000000293. The minimum absolute atomic E-state index is 0.0464. The van der Waals surface area contributed by atoms with Crippen molar-refractivity contribution in [3.8, 4) is 0 Å². The molecule has 38 heavy (non-hydrogen) atoms. The molecular formula is C24H15NO13. The lowest BCUT2D eigenvalue weighted by molar-refractivity contribution is 0.0640. The molecule has 14 nitrogen and oxygen atoms in total. The van der Waals surface area contributed by atoms with E-state index >= 15 is 0 Å². The van der Waals surface area contributed by atoms with E-state index in [0.717, 1.165) is 30.3 Å². The molecule has 0 bridgehead atoms. The third kappa shape index (κ3) is 6.60. The van der Waals surface area contributed by atoms with Crippen molar-refractivity contribution >= 4 is 41.6 Å². The minimum Gasteiger partial charge on any atom is -0.478 e. The van der Waals surface area contributed by atoms with Gasteiger partial charge in [-0.15, -0.1) is 0 Å². The molecule has 0 spiro atoms. The molecule has 0 unspecified atom stereocenters. The first-order valence-corrected chi connectivity index (χ1v) is 9.94. The Kier molecular flexibility index (Phi) is 8.70. The monoisotopic (exact) mass is 525 g/mol. The summed E-state index contributed by atoms with van der Waals surface area (Å²) < 4.78 is 0. The van der Waals surface area contributed by atoms with Crippen molar-refractivity contribution in [2.75, 3.05) is 0 Å². The number of aromatic nitrogens is 1. The molecule has 3 aromatic rings. The number of carboxylic acids is 6. The lowest BCUT2D eigenvalue weighted by Gasteiger charge is -2.06. The highest BCUT2D eigenvalue weighted by molar-refractivity contribution is 6.12. The van der Waals surface area contributed by atoms with Crippen LogP contribution in [0.3, 0.4) is 0 Å². The Labute approximate surface area is 210 Å². The fraction of sp³-hybridized carbons (Fsp3) is 0. The van der Waals surface area contributed by atoms with Crippen LogP contribution in [0.15, 0.2) is 54.6 Å². The summed E-state index contributed by atoms with van der Waals surface area (Å²) in [5.41, 5.74) is -2.88. The smallest absolute Gasteiger partial charge is 0.355 e. The number of ketones is 1. The van der Waals surface area contributed by atoms with E-state index in [2.05, 4.69) is 4.98 Å². The maximum Gasteiger partial charge on any atom is 0.355 e. The number of hydrogen-bond acceptors (Lipinski definition) is 8. The molecule has 0 aliphatic carbocycles. The van der Waals surface area contributed by atoms with Crippen molar-refractivity contribution < 1.29 is 64.2 Å². The molecule has 6 N–H and O–H groups in total. The van der Waals surface area contributed by atoms with Crippen LogP contribution in [0.5, 0.6) is 0 Å². The molecule has 1 aromatic heterocycles. The fourth-order valence-electron chi connectivity index (χ4n) is 2.92. The van der Waals surface area contributed by atoms with E-state index in [1.165, 1.54) is 24.3 Å². The molecule has 0 aliphatic rings. The van der Waals surface area contributed by atoms with Gasteiger partial charge in [-0.1, -0.05) is 18.2 Å². The molecule has 0 radical (unpaired) electrons. The lowest BCUT2D eigenvalue weighted by Crippen LogP contribution is -2.13. The van der Waals surface area contributed by atoms with Crippen LogP contribution in [-0.4, -0.2) is 77.2 Å². The van der Waals surface area contributed by atoms with Crippen LogP contribution in [0.4, 0.5) is 0 Å². The number of carboxylic acid groups (broad SMARTS) is 6. The Bertz CT molecular complexity index is 1510. The summed E-state index contributed by atoms with van der Waals surface area (Å²) in [4.78, 5) is 80.2. The van der Waals surface area contributed by atoms with Gasteiger partial charge in [0.05, 0.1) is 22.3 Å². The van der Waals surface area contributed by atoms with E-state index in [0.29, 0.717) is 0 Å². The molecule has 0 fully saturated rings. The van der Waals surface area contributed by atoms with Gasteiger partial charge in [0.1, 0.15) is 5.69 Å². The van der Waals surface area contributed by atoms with Crippen LogP contribution in [0.1, 0.15) is 78.3 Å². The lowest BCUT2D eigenvalue weighted by atomic mass is 9.97. The third-order valence-electron chi connectivity index (χ3n) is 4.66. The average Bonchev–Trinajstić information content (AvgIpc) is 2.87. The predicted molar refractivity (Wildman–Crippen MR) is 122 cm³/mol. The Hall–Kier alpha value is -5.92. The van der Waals surface area contributed by atoms with Crippen molar-refractivity contribution in [3.63, 3.8) is 0 Å². The molecule has 0 amide bonds. The summed E-state index contributed by atoms with van der Waals surface area (Å²) >= 11 is 0. The zero-order valence-corrected chi connectivity index (χ0v) is 18.7. The van der Waals surface area contributed by atoms with Gasteiger partial charge in [0, 0.05) is 11.1 Å². The predicted octanol–water partition coefficient (Wildman–Crippen LogP) is 2.19. The third-order valence-corrected chi connectivity index (χ3v) is 4.66. The van der Waals surface area contributed by atoms with Crippen molar-refractivity contribution in [3.05, 3.63) is 99.4 Å². The first-order valence-electron chi connectivity index (χ1n) is 9.94. The van der Waals surface area contributed by atoms with Crippen LogP contribution in [0.2, 0.25) is 0 Å². The van der Waals surface area contributed by atoms with E-state index in [1.54, 1.807) is 0 Å². The van der Waals surface area contributed by atoms with E-state index in [9.17, 15) is 33.6 Å². The second kappa shape index (κ2) is 11.7. The molecule has 2 aromatic carbocycles. The first-order chi connectivity index (χ1) is 17.7. The largest absolute Gasteiger partial charge is 0.478 e. The highest BCUT2D eigenvalue weighted by Gasteiger charge is 2.21. The number of rotatable bonds is 8. The normalized spacial score (nSPS) is 9.89. The Morgan fingerprint density at radius 2 is 1.00 bits per heavy atom. The molecule has 0 saturated carbocycles. The first kappa shape index (κ1) is 28.3.